The molecule has 1 aliphatic heterocycles. The standard InChI is InChI=1S/C17H23N5O/c1-13(23)22-10-15(6-7-20(2)3)16-8-14(4-5-17(16)22)9-21-12-18-11-19-21/h4-5,8,11-12,15H,6-7,9-10H2,1-3H3. The molecule has 1 amide bonds. The van der Waals surface area contributed by atoms with Gasteiger partial charge in [0, 0.05) is 25.1 Å². The highest BCUT2D eigenvalue weighted by atomic mass is 16.2. The molecule has 0 bridgehead atoms. The van der Waals surface area contributed by atoms with Gasteiger partial charge in [0.25, 0.3) is 0 Å². The molecular weight excluding hydrogens is 290 g/mol. The van der Waals surface area contributed by atoms with Crippen molar-refractivity contribution in [3.05, 3.63) is 42.0 Å². The summed E-state index contributed by atoms with van der Waals surface area (Å²) in [5.74, 6) is 0.509. The van der Waals surface area contributed by atoms with Gasteiger partial charge >= 0.3 is 0 Å². The number of nitrogens with zero attached hydrogens (tertiary/aromatic N) is 5. The van der Waals surface area contributed by atoms with Gasteiger partial charge in [-0.05, 0) is 44.3 Å². The molecule has 0 N–H and O–H groups in total. The van der Waals surface area contributed by atoms with Crippen molar-refractivity contribution >= 4 is 11.6 Å². The summed E-state index contributed by atoms with van der Waals surface area (Å²) in [6, 6.07) is 6.36. The quantitative estimate of drug-likeness (QED) is 0.843. The number of benzene rings is 1. The summed E-state index contributed by atoms with van der Waals surface area (Å²) < 4.78 is 1.81. The first-order chi connectivity index (χ1) is 11.0. The number of amides is 1. The molecule has 0 aliphatic carbocycles. The molecule has 122 valence electrons. The average molecular weight is 313 g/mol. The largest absolute Gasteiger partial charge is 0.312 e. The van der Waals surface area contributed by atoms with Gasteiger partial charge < -0.3 is 9.80 Å². The van der Waals surface area contributed by atoms with E-state index in [1.165, 1.54) is 11.1 Å². The number of carbonyl (C=O) groups is 1. The molecule has 1 atom stereocenters. The van der Waals surface area contributed by atoms with Crippen LogP contribution >= 0.6 is 0 Å². The summed E-state index contributed by atoms with van der Waals surface area (Å²) in [5, 5.41) is 4.16. The Labute approximate surface area is 136 Å². The first-order valence-corrected chi connectivity index (χ1v) is 7.92. The fourth-order valence-corrected chi connectivity index (χ4v) is 3.15. The van der Waals surface area contributed by atoms with Gasteiger partial charge in [0.1, 0.15) is 12.7 Å². The summed E-state index contributed by atoms with van der Waals surface area (Å²) >= 11 is 0. The fraction of sp³-hybridized carbons (Fsp3) is 0.471. The number of aromatic nitrogens is 3. The molecule has 0 saturated carbocycles. The molecule has 0 spiro atoms. The maximum Gasteiger partial charge on any atom is 0.223 e. The lowest BCUT2D eigenvalue weighted by Gasteiger charge is -2.16. The Kier molecular flexibility index (Phi) is 4.43. The SMILES string of the molecule is CC(=O)N1CC(CCN(C)C)c2cc(Cn3cncn3)ccc21. The van der Waals surface area contributed by atoms with E-state index in [0.717, 1.165) is 25.2 Å². The van der Waals surface area contributed by atoms with Crippen molar-refractivity contribution in [3.63, 3.8) is 0 Å². The van der Waals surface area contributed by atoms with Crippen molar-refractivity contribution in [1.29, 1.82) is 0 Å². The maximum atomic E-state index is 11.9. The molecule has 6 nitrogen and oxygen atoms in total. The van der Waals surface area contributed by atoms with Crippen LogP contribution in [0.3, 0.4) is 0 Å². The molecule has 3 rings (SSSR count). The highest BCUT2D eigenvalue weighted by molar-refractivity contribution is 5.94. The van der Waals surface area contributed by atoms with E-state index in [4.69, 9.17) is 0 Å². The van der Waals surface area contributed by atoms with Crippen LogP contribution in [0.2, 0.25) is 0 Å². The topological polar surface area (TPSA) is 54.3 Å². The lowest BCUT2D eigenvalue weighted by atomic mass is 9.96. The molecule has 1 aromatic carbocycles. The second-order valence-corrected chi connectivity index (χ2v) is 6.40. The van der Waals surface area contributed by atoms with Crippen molar-refractivity contribution in [2.75, 3.05) is 32.1 Å². The molecule has 1 aliphatic rings. The van der Waals surface area contributed by atoms with Crippen molar-refractivity contribution in [2.45, 2.75) is 25.8 Å². The van der Waals surface area contributed by atoms with Crippen molar-refractivity contribution in [1.82, 2.24) is 19.7 Å². The number of anilines is 1. The normalized spacial score (nSPS) is 16.9. The minimum atomic E-state index is 0.114. The Morgan fingerprint density at radius 3 is 2.87 bits per heavy atom. The highest BCUT2D eigenvalue weighted by Crippen LogP contribution is 2.38. The number of hydrogen-bond donors (Lipinski definition) is 0. The van der Waals surface area contributed by atoms with Gasteiger partial charge in [-0.25, -0.2) is 9.67 Å². The van der Waals surface area contributed by atoms with Gasteiger partial charge in [-0.2, -0.15) is 5.10 Å². The minimum absolute atomic E-state index is 0.114. The summed E-state index contributed by atoms with van der Waals surface area (Å²) in [6.45, 7) is 4.14. The lowest BCUT2D eigenvalue weighted by molar-refractivity contribution is -0.116. The summed E-state index contributed by atoms with van der Waals surface area (Å²) in [5.41, 5.74) is 3.53. The average Bonchev–Trinajstić information content (AvgIpc) is 3.12. The molecule has 6 heteroatoms. The Morgan fingerprint density at radius 1 is 1.39 bits per heavy atom. The number of carbonyl (C=O) groups excluding carboxylic acids is 1. The smallest absolute Gasteiger partial charge is 0.223 e. The van der Waals surface area contributed by atoms with E-state index in [2.05, 4.69) is 47.3 Å². The van der Waals surface area contributed by atoms with Crippen molar-refractivity contribution in [3.8, 4) is 0 Å². The number of rotatable bonds is 5. The van der Waals surface area contributed by atoms with Crippen molar-refractivity contribution in [2.24, 2.45) is 0 Å². The lowest BCUT2D eigenvalue weighted by Crippen LogP contribution is -2.27. The van der Waals surface area contributed by atoms with Crippen LogP contribution < -0.4 is 4.90 Å². The van der Waals surface area contributed by atoms with Crippen LogP contribution in [-0.2, 0) is 11.3 Å². The third-order valence-electron chi connectivity index (χ3n) is 4.34. The molecule has 23 heavy (non-hydrogen) atoms. The van der Waals surface area contributed by atoms with Crippen LogP contribution in [0.4, 0.5) is 5.69 Å². The van der Waals surface area contributed by atoms with Crippen LogP contribution in [0.1, 0.15) is 30.4 Å². The Balaban J connectivity index is 1.86. The summed E-state index contributed by atoms with van der Waals surface area (Å²) in [6.07, 6.45) is 4.32. The van der Waals surface area contributed by atoms with Crippen LogP contribution in [-0.4, -0.2) is 52.8 Å². The molecule has 0 radical (unpaired) electrons. The van der Waals surface area contributed by atoms with Gasteiger partial charge in [0.2, 0.25) is 5.91 Å². The van der Waals surface area contributed by atoms with E-state index in [-0.39, 0.29) is 5.91 Å². The zero-order valence-electron chi connectivity index (χ0n) is 13.9. The fourth-order valence-electron chi connectivity index (χ4n) is 3.15. The molecule has 2 aromatic rings. The second-order valence-electron chi connectivity index (χ2n) is 6.40. The van der Waals surface area contributed by atoms with E-state index in [1.54, 1.807) is 19.6 Å². The Bertz CT molecular complexity index is 680. The zero-order valence-corrected chi connectivity index (χ0v) is 13.9. The van der Waals surface area contributed by atoms with E-state index >= 15 is 0 Å². The summed E-state index contributed by atoms with van der Waals surface area (Å²) in [7, 11) is 4.17. The van der Waals surface area contributed by atoms with Crippen LogP contribution in [0.25, 0.3) is 0 Å². The van der Waals surface area contributed by atoms with Crippen molar-refractivity contribution < 1.29 is 4.79 Å². The van der Waals surface area contributed by atoms with Gasteiger partial charge in [-0.3, -0.25) is 4.79 Å². The van der Waals surface area contributed by atoms with Gasteiger partial charge in [0.05, 0.1) is 6.54 Å². The molecule has 0 saturated heterocycles. The van der Waals surface area contributed by atoms with Crippen LogP contribution in [0.15, 0.2) is 30.9 Å². The highest BCUT2D eigenvalue weighted by Gasteiger charge is 2.30. The maximum absolute atomic E-state index is 11.9. The molecule has 0 fully saturated rings. The number of hydrogen-bond acceptors (Lipinski definition) is 4. The number of fused-ring (bicyclic) bond motifs is 1. The minimum Gasteiger partial charge on any atom is -0.312 e. The predicted molar refractivity (Wildman–Crippen MR) is 89.5 cm³/mol. The van der Waals surface area contributed by atoms with Gasteiger partial charge in [-0.1, -0.05) is 12.1 Å². The second kappa shape index (κ2) is 6.50. The third kappa shape index (κ3) is 3.42. The van der Waals surface area contributed by atoms with Crippen LogP contribution in [0.5, 0.6) is 0 Å². The van der Waals surface area contributed by atoms with E-state index in [0.29, 0.717) is 12.5 Å². The Morgan fingerprint density at radius 2 is 2.22 bits per heavy atom. The summed E-state index contributed by atoms with van der Waals surface area (Å²) in [4.78, 5) is 20.0. The van der Waals surface area contributed by atoms with Crippen LogP contribution in [0, 0.1) is 0 Å². The Hall–Kier alpha value is -2.21. The molecular formula is C17H23N5O. The zero-order chi connectivity index (χ0) is 16.4. The van der Waals surface area contributed by atoms with E-state index in [9.17, 15) is 4.79 Å². The first-order valence-electron chi connectivity index (χ1n) is 7.92. The monoisotopic (exact) mass is 313 g/mol. The molecule has 1 unspecified atom stereocenters. The van der Waals surface area contributed by atoms with E-state index in [1.807, 2.05) is 9.58 Å². The predicted octanol–water partition coefficient (Wildman–Crippen LogP) is 1.73. The van der Waals surface area contributed by atoms with E-state index < -0.39 is 0 Å². The third-order valence-corrected chi connectivity index (χ3v) is 4.34. The van der Waals surface area contributed by atoms with Gasteiger partial charge in [-0.15, -0.1) is 0 Å². The molecule has 2 heterocycles. The first kappa shape index (κ1) is 15.7. The van der Waals surface area contributed by atoms with Gasteiger partial charge in [0.15, 0.2) is 0 Å². The molecule has 1 aromatic heterocycles.